The van der Waals surface area contributed by atoms with Gasteiger partial charge < -0.3 is 15.9 Å². The Morgan fingerprint density at radius 2 is 2.24 bits per heavy atom. The summed E-state index contributed by atoms with van der Waals surface area (Å²) in [6.45, 7) is 3.59. The fourth-order valence-electron chi connectivity index (χ4n) is 1.55. The molecule has 0 saturated heterocycles. The Balaban J connectivity index is 3.17. The van der Waals surface area contributed by atoms with E-state index in [-0.39, 0.29) is 11.3 Å². The van der Waals surface area contributed by atoms with Gasteiger partial charge in [-0.2, -0.15) is 0 Å². The monoisotopic (exact) mass is 299 g/mol. The van der Waals surface area contributed by atoms with Crippen LogP contribution in [-0.2, 0) is 0 Å². The zero-order chi connectivity index (χ0) is 13.0. The van der Waals surface area contributed by atoms with Crippen molar-refractivity contribution in [1.82, 2.24) is 0 Å². The highest BCUT2D eigenvalue weighted by Gasteiger charge is 2.20. The summed E-state index contributed by atoms with van der Waals surface area (Å²) in [5.41, 5.74) is 6.20. The van der Waals surface area contributed by atoms with Crippen LogP contribution in [0.1, 0.15) is 34.8 Å². The molecule has 0 aliphatic rings. The van der Waals surface area contributed by atoms with E-state index in [1.165, 1.54) is 6.07 Å². The summed E-state index contributed by atoms with van der Waals surface area (Å²) in [4.78, 5) is 10.9. The Morgan fingerprint density at radius 3 is 2.76 bits per heavy atom. The van der Waals surface area contributed by atoms with Gasteiger partial charge in [-0.25, -0.2) is 4.79 Å². The Kier molecular flexibility index (Phi) is 4.72. The molecule has 0 amide bonds. The maximum absolute atomic E-state index is 10.9. The first-order chi connectivity index (χ1) is 7.99. The van der Waals surface area contributed by atoms with Gasteiger partial charge >= 0.3 is 5.97 Å². The third-order valence-corrected chi connectivity index (χ3v) is 3.14. The van der Waals surface area contributed by atoms with E-state index in [2.05, 4.69) is 22.5 Å². The van der Waals surface area contributed by atoms with Crippen LogP contribution in [0.4, 0.5) is 0 Å². The molecule has 0 aliphatic carbocycles. The first-order valence-electron chi connectivity index (χ1n) is 5.10. The minimum absolute atomic E-state index is 0.141. The largest absolute Gasteiger partial charge is 0.507 e. The van der Waals surface area contributed by atoms with E-state index in [1.54, 1.807) is 12.1 Å². The molecule has 0 saturated carbocycles. The second kappa shape index (κ2) is 5.84. The van der Waals surface area contributed by atoms with Crippen LogP contribution in [0.5, 0.6) is 5.75 Å². The number of aromatic carboxylic acids is 1. The van der Waals surface area contributed by atoms with E-state index in [4.69, 9.17) is 10.8 Å². The second-order valence-corrected chi connectivity index (χ2v) is 4.49. The minimum atomic E-state index is -1.17. The van der Waals surface area contributed by atoms with E-state index >= 15 is 0 Å². The van der Waals surface area contributed by atoms with Crippen molar-refractivity contribution < 1.29 is 15.0 Å². The molecule has 5 heteroatoms. The number of halogens is 1. The lowest BCUT2D eigenvalue weighted by Gasteiger charge is -2.16. The maximum Gasteiger partial charge on any atom is 0.339 e. The molecule has 92 valence electrons. The van der Waals surface area contributed by atoms with Gasteiger partial charge in [0.15, 0.2) is 0 Å². The van der Waals surface area contributed by atoms with Crippen LogP contribution in [0, 0.1) is 0 Å². The Morgan fingerprint density at radius 1 is 1.59 bits per heavy atom. The molecule has 1 rings (SSSR count). The molecule has 17 heavy (non-hydrogen) atoms. The van der Waals surface area contributed by atoms with Crippen molar-refractivity contribution in [3.8, 4) is 5.75 Å². The quantitative estimate of drug-likeness (QED) is 0.730. The molecule has 0 aromatic heterocycles. The van der Waals surface area contributed by atoms with Gasteiger partial charge in [0, 0.05) is 16.1 Å². The number of aromatic hydroxyl groups is 1. The number of nitrogens with two attached hydrogens (primary N) is 1. The van der Waals surface area contributed by atoms with Crippen molar-refractivity contribution in [2.45, 2.75) is 18.9 Å². The molecule has 0 bridgehead atoms. The van der Waals surface area contributed by atoms with Gasteiger partial charge in [-0.1, -0.05) is 22.0 Å². The summed E-state index contributed by atoms with van der Waals surface area (Å²) in [6, 6.07) is 2.49. The summed E-state index contributed by atoms with van der Waals surface area (Å²) in [5, 5.41) is 18.8. The van der Waals surface area contributed by atoms with Gasteiger partial charge in [0.2, 0.25) is 0 Å². The number of carboxylic acid groups (broad SMARTS) is 1. The summed E-state index contributed by atoms with van der Waals surface area (Å²) in [7, 11) is 0. The minimum Gasteiger partial charge on any atom is -0.507 e. The highest BCUT2D eigenvalue weighted by atomic mass is 79.9. The molecular weight excluding hydrogens is 286 g/mol. The molecular formula is C12H14BrNO3. The fraction of sp³-hybridized carbons (Fsp3) is 0.250. The van der Waals surface area contributed by atoms with Crippen molar-refractivity contribution in [3.63, 3.8) is 0 Å². The predicted octanol–water partition coefficient (Wildman–Crippen LogP) is 2.82. The highest BCUT2D eigenvalue weighted by Crippen LogP contribution is 2.35. The smallest absolute Gasteiger partial charge is 0.339 e. The number of benzene rings is 1. The lowest BCUT2D eigenvalue weighted by molar-refractivity contribution is 0.0693. The first kappa shape index (κ1) is 13.7. The van der Waals surface area contributed by atoms with E-state index < -0.39 is 12.0 Å². The SMILES string of the molecule is C=CCC[C@@H](N)c1c(Br)ccc(C(=O)O)c1O. The molecule has 1 aromatic rings. The molecule has 1 atom stereocenters. The van der Waals surface area contributed by atoms with Crippen molar-refractivity contribution in [2.24, 2.45) is 5.73 Å². The Labute approximate surface area is 108 Å². The molecule has 0 radical (unpaired) electrons. The number of phenols is 1. The van der Waals surface area contributed by atoms with Crippen LogP contribution < -0.4 is 5.73 Å². The van der Waals surface area contributed by atoms with Crippen molar-refractivity contribution in [1.29, 1.82) is 0 Å². The van der Waals surface area contributed by atoms with Gasteiger partial charge in [-0.3, -0.25) is 0 Å². The predicted molar refractivity (Wildman–Crippen MR) is 69.1 cm³/mol. The lowest BCUT2D eigenvalue weighted by atomic mass is 9.99. The third-order valence-electron chi connectivity index (χ3n) is 2.45. The second-order valence-electron chi connectivity index (χ2n) is 3.63. The van der Waals surface area contributed by atoms with Crippen LogP contribution in [0.15, 0.2) is 29.3 Å². The van der Waals surface area contributed by atoms with E-state index in [1.807, 2.05) is 0 Å². The molecule has 0 heterocycles. The number of rotatable bonds is 5. The Hall–Kier alpha value is -1.33. The van der Waals surface area contributed by atoms with Crippen LogP contribution >= 0.6 is 15.9 Å². The lowest BCUT2D eigenvalue weighted by Crippen LogP contribution is -2.12. The van der Waals surface area contributed by atoms with Crippen LogP contribution in [-0.4, -0.2) is 16.2 Å². The number of carboxylic acids is 1. The number of carbonyl (C=O) groups is 1. The van der Waals surface area contributed by atoms with Crippen molar-refractivity contribution >= 4 is 21.9 Å². The van der Waals surface area contributed by atoms with Gasteiger partial charge in [0.05, 0.1) is 0 Å². The maximum atomic E-state index is 10.9. The zero-order valence-electron chi connectivity index (χ0n) is 9.19. The van der Waals surface area contributed by atoms with Crippen LogP contribution in [0.2, 0.25) is 0 Å². The molecule has 1 aromatic carbocycles. The Bertz CT molecular complexity index is 446. The summed E-state index contributed by atoms with van der Waals surface area (Å²) < 4.78 is 0.608. The fourth-order valence-corrected chi connectivity index (χ4v) is 2.16. The zero-order valence-corrected chi connectivity index (χ0v) is 10.8. The van der Waals surface area contributed by atoms with Gasteiger partial charge in [0.1, 0.15) is 11.3 Å². The van der Waals surface area contributed by atoms with Gasteiger partial charge in [-0.05, 0) is 25.0 Å². The molecule has 0 fully saturated rings. The first-order valence-corrected chi connectivity index (χ1v) is 5.89. The average molecular weight is 300 g/mol. The summed E-state index contributed by atoms with van der Waals surface area (Å²) in [6.07, 6.45) is 3.02. The number of hydrogen-bond donors (Lipinski definition) is 3. The van der Waals surface area contributed by atoms with Crippen LogP contribution in [0.3, 0.4) is 0 Å². The summed E-state index contributed by atoms with van der Waals surface area (Å²) in [5.74, 6) is -1.45. The standard InChI is InChI=1S/C12H14BrNO3/c1-2-3-4-9(14)10-8(13)6-5-7(11(10)15)12(16)17/h2,5-6,9,15H,1,3-4,14H2,(H,16,17)/t9-/m1/s1. The molecule has 0 unspecified atom stereocenters. The van der Waals surface area contributed by atoms with Crippen LogP contribution in [0.25, 0.3) is 0 Å². The van der Waals surface area contributed by atoms with Crippen molar-refractivity contribution in [3.05, 3.63) is 40.4 Å². The normalized spacial score (nSPS) is 12.1. The van der Waals surface area contributed by atoms with Crippen molar-refractivity contribution in [2.75, 3.05) is 0 Å². The van der Waals surface area contributed by atoms with Gasteiger partial charge in [0.25, 0.3) is 0 Å². The molecule has 0 spiro atoms. The molecule has 4 nitrogen and oxygen atoms in total. The number of allylic oxidation sites excluding steroid dienone is 1. The highest BCUT2D eigenvalue weighted by molar-refractivity contribution is 9.10. The molecule has 0 aliphatic heterocycles. The average Bonchev–Trinajstić information content (AvgIpc) is 2.25. The third kappa shape index (κ3) is 3.08. The topological polar surface area (TPSA) is 83.6 Å². The van der Waals surface area contributed by atoms with E-state index in [0.29, 0.717) is 22.9 Å². The van der Waals surface area contributed by atoms with E-state index in [0.717, 1.165) is 0 Å². The van der Waals surface area contributed by atoms with E-state index in [9.17, 15) is 9.90 Å². The van der Waals surface area contributed by atoms with Gasteiger partial charge in [-0.15, -0.1) is 6.58 Å². The molecule has 4 N–H and O–H groups in total. The summed E-state index contributed by atoms with van der Waals surface area (Å²) >= 11 is 3.26. The number of hydrogen-bond acceptors (Lipinski definition) is 3.